The van der Waals surface area contributed by atoms with Gasteiger partial charge in [-0.3, -0.25) is 13.8 Å². The molecule has 3 N–H and O–H groups in total. The molecule has 0 rings (SSSR count). The van der Waals surface area contributed by atoms with Crippen LogP contribution < -0.4 is 5.32 Å². The number of unbranched alkanes of at least 4 members (excludes halogenated alkanes) is 46. The van der Waals surface area contributed by atoms with Crippen LogP contribution in [0.15, 0.2) is 36.5 Å². The second-order valence-corrected chi connectivity index (χ2v) is 26.0. The zero-order valence-corrected chi connectivity index (χ0v) is 53.1. The van der Waals surface area contributed by atoms with Crippen LogP contribution in [-0.2, 0) is 18.4 Å². The van der Waals surface area contributed by atoms with Crippen LogP contribution >= 0.6 is 7.82 Å². The SMILES string of the molecule is CCCCCCCCCCCCCCCCCCCCCCCC/C=C/CC/C=C/CC/C=C/C(O)C(COP(=O)(O)OCC[N+](C)(C)C)NC(=O)CCCCCCCCCCCCCCCCCCCCCCCCC. The summed E-state index contributed by atoms with van der Waals surface area (Å²) in [5, 5.41) is 14.0. The van der Waals surface area contributed by atoms with Crippen molar-refractivity contribution in [1.29, 1.82) is 0 Å². The Morgan fingerprint density at radius 3 is 1.04 bits per heavy atom. The lowest BCUT2D eigenvalue weighted by Gasteiger charge is -2.25. The summed E-state index contributed by atoms with van der Waals surface area (Å²) in [6.07, 6.45) is 78.7. The number of hydrogen-bond acceptors (Lipinski definition) is 5. The highest BCUT2D eigenvalue weighted by atomic mass is 31.2. The highest BCUT2D eigenvalue weighted by Gasteiger charge is 2.28. The second-order valence-electron chi connectivity index (χ2n) is 24.5. The predicted octanol–water partition coefficient (Wildman–Crippen LogP) is 21.3. The van der Waals surface area contributed by atoms with E-state index in [0.717, 1.165) is 44.9 Å². The zero-order valence-electron chi connectivity index (χ0n) is 52.2. The highest BCUT2D eigenvalue weighted by Crippen LogP contribution is 2.43. The minimum Gasteiger partial charge on any atom is -0.387 e. The number of quaternary nitrogens is 1. The van der Waals surface area contributed by atoms with Gasteiger partial charge in [-0.15, -0.1) is 0 Å². The normalized spacial score (nSPS) is 13.9. The van der Waals surface area contributed by atoms with Crippen molar-refractivity contribution in [1.82, 2.24) is 5.32 Å². The lowest BCUT2D eigenvalue weighted by atomic mass is 10.0. The van der Waals surface area contributed by atoms with E-state index >= 15 is 0 Å². The average Bonchev–Trinajstić information content (AvgIpc) is 3.39. The van der Waals surface area contributed by atoms with E-state index in [1.807, 2.05) is 27.2 Å². The van der Waals surface area contributed by atoms with Gasteiger partial charge in [0.1, 0.15) is 13.2 Å². The third-order valence-corrected chi connectivity index (χ3v) is 16.6. The van der Waals surface area contributed by atoms with Gasteiger partial charge in [0.05, 0.1) is 39.9 Å². The minimum absolute atomic E-state index is 0.0554. The Morgan fingerprint density at radius 1 is 0.429 bits per heavy atom. The minimum atomic E-state index is -4.36. The maximum Gasteiger partial charge on any atom is 0.472 e. The second kappa shape index (κ2) is 59.3. The summed E-state index contributed by atoms with van der Waals surface area (Å²) in [6, 6.07) is -0.869. The van der Waals surface area contributed by atoms with Crippen LogP contribution in [0.4, 0.5) is 0 Å². The molecule has 456 valence electrons. The molecule has 8 nitrogen and oxygen atoms in total. The summed E-state index contributed by atoms with van der Waals surface area (Å²) in [5.41, 5.74) is 0. The Morgan fingerprint density at radius 2 is 0.714 bits per heavy atom. The fourth-order valence-corrected chi connectivity index (χ4v) is 11.1. The van der Waals surface area contributed by atoms with E-state index in [4.69, 9.17) is 9.05 Å². The summed E-state index contributed by atoms with van der Waals surface area (Å²) in [4.78, 5) is 23.4. The van der Waals surface area contributed by atoms with E-state index in [1.54, 1.807) is 6.08 Å². The molecule has 77 heavy (non-hydrogen) atoms. The van der Waals surface area contributed by atoms with Gasteiger partial charge in [0.15, 0.2) is 0 Å². The monoisotopic (exact) mass is 1110 g/mol. The fraction of sp³-hybridized carbons (Fsp3) is 0.897. The van der Waals surface area contributed by atoms with Gasteiger partial charge in [-0.25, -0.2) is 4.57 Å². The Balaban J connectivity index is 4.13. The Labute approximate surface area is 480 Å². The molecule has 0 aromatic heterocycles. The molecule has 0 aliphatic heterocycles. The number of aliphatic hydroxyl groups is 1. The van der Waals surface area contributed by atoms with Crippen LogP contribution in [0.5, 0.6) is 0 Å². The number of amides is 1. The zero-order chi connectivity index (χ0) is 56.3. The van der Waals surface area contributed by atoms with Crippen LogP contribution in [0.25, 0.3) is 0 Å². The van der Waals surface area contributed by atoms with Gasteiger partial charge in [0.25, 0.3) is 0 Å². The number of likely N-dealkylation sites (N-methyl/N-ethyl adjacent to an activating group) is 1. The number of aliphatic hydroxyl groups excluding tert-OH is 1. The maximum atomic E-state index is 13.0. The number of carbonyl (C=O) groups excluding carboxylic acids is 1. The van der Waals surface area contributed by atoms with Crippen molar-refractivity contribution in [2.75, 3.05) is 40.9 Å². The first-order valence-corrected chi connectivity index (χ1v) is 35.4. The van der Waals surface area contributed by atoms with Gasteiger partial charge in [-0.2, -0.15) is 0 Å². The number of nitrogens with zero attached hydrogens (tertiary/aromatic N) is 1. The molecule has 0 aromatic rings. The maximum absolute atomic E-state index is 13.0. The first-order chi connectivity index (χ1) is 37.5. The van der Waals surface area contributed by atoms with Crippen molar-refractivity contribution in [3.05, 3.63) is 36.5 Å². The van der Waals surface area contributed by atoms with Crippen molar-refractivity contribution in [2.45, 2.75) is 353 Å². The molecule has 3 atom stereocenters. The van der Waals surface area contributed by atoms with Crippen LogP contribution in [0.1, 0.15) is 341 Å². The predicted molar refractivity (Wildman–Crippen MR) is 337 cm³/mol. The molecule has 0 aromatic carbocycles. The number of carbonyl (C=O) groups is 1. The van der Waals surface area contributed by atoms with E-state index in [9.17, 15) is 19.4 Å². The van der Waals surface area contributed by atoms with Crippen LogP contribution in [0.3, 0.4) is 0 Å². The van der Waals surface area contributed by atoms with Gasteiger partial charge >= 0.3 is 7.82 Å². The number of phosphoric ester groups is 1. The molecule has 0 aliphatic rings. The largest absolute Gasteiger partial charge is 0.472 e. The first-order valence-electron chi connectivity index (χ1n) is 33.9. The number of phosphoric acid groups is 1. The molecule has 0 fully saturated rings. The lowest BCUT2D eigenvalue weighted by molar-refractivity contribution is -0.870. The summed E-state index contributed by atoms with van der Waals surface area (Å²) < 4.78 is 23.8. The third kappa shape index (κ3) is 62.2. The van der Waals surface area contributed by atoms with Crippen molar-refractivity contribution in [3.63, 3.8) is 0 Å². The quantitative estimate of drug-likeness (QED) is 0.0243. The van der Waals surface area contributed by atoms with E-state index in [1.165, 1.54) is 276 Å². The molecule has 0 heterocycles. The Hall–Kier alpha value is -1.28. The van der Waals surface area contributed by atoms with Gasteiger partial charge in [-0.05, 0) is 44.9 Å². The van der Waals surface area contributed by atoms with Crippen molar-refractivity contribution >= 4 is 13.7 Å². The molecule has 9 heteroatoms. The van der Waals surface area contributed by atoms with Gasteiger partial charge < -0.3 is 19.8 Å². The molecule has 0 spiro atoms. The highest BCUT2D eigenvalue weighted by molar-refractivity contribution is 7.47. The molecule has 0 saturated carbocycles. The van der Waals surface area contributed by atoms with Crippen molar-refractivity contribution in [2.24, 2.45) is 0 Å². The van der Waals surface area contributed by atoms with E-state index in [2.05, 4.69) is 43.5 Å². The van der Waals surface area contributed by atoms with Crippen LogP contribution in [-0.4, -0.2) is 73.4 Å². The molecule has 0 saturated heterocycles. The molecule has 0 aliphatic carbocycles. The molecular formula is C68H134N2O6P+. The van der Waals surface area contributed by atoms with Gasteiger partial charge in [0.2, 0.25) is 5.91 Å². The number of nitrogens with one attached hydrogen (secondary N) is 1. The summed E-state index contributed by atoms with van der Waals surface area (Å²) in [7, 11) is 1.56. The number of rotatable bonds is 63. The lowest BCUT2D eigenvalue weighted by Crippen LogP contribution is -2.45. The standard InChI is InChI=1S/C68H133N2O6P/c1-6-8-10-12-14-16-18-20-22-24-26-28-30-31-32-33-34-35-36-37-38-40-41-43-45-47-49-51-53-55-57-59-61-67(71)66(65-76-77(73,74)75-64-63-70(3,4)5)69-68(72)62-60-58-56-54-52-50-48-46-44-42-39-29-27-25-23-21-19-17-15-13-11-9-7-2/h43,45,51,53,59,61,66-67,71H,6-42,44,46-50,52,54-58,60,62-65H2,1-5H3,(H-,69,72,73,74)/p+1/b45-43+,53-51+,61-59+. The smallest absolute Gasteiger partial charge is 0.387 e. The Kier molecular flexibility index (Phi) is 58.4. The molecular weight excluding hydrogens is 972 g/mol. The third-order valence-electron chi connectivity index (χ3n) is 15.6. The Bertz CT molecular complexity index is 1350. The number of hydrogen-bond donors (Lipinski definition) is 3. The van der Waals surface area contributed by atoms with Crippen molar-refractivity contribution in [3.8, 4) is 0 Å². The molecule has 1 amide bonds. The van der Waals surface area contributed by atoms with E-state index in [-0.39, 0.29) is 19.1 Å². The summed E-state index contributed by atoms with van der Waals surface area (Å²) >= 11 is 0. The average molecular weight is 1110 g/mol. The van der Waals surface area contributed by atoms with Crippen molar-refractivity contribution < 1.29 is 32.9 Å². The topological polar surface area (TPSA) is 105 Å². The van der Waals surface area contributed by atoms with Gasteiger partial charge in [0, 0.05) is 6.42 Å². The van der Waals surface area contributed by atoms with E-state index in [0.29, 0.717) is 17.4 Å². The van der Waals surface area contributed by atoms with E-state index < -0.39 is 20.0 Å². The fourth-order valence-electron chi connectivity index (χ4n) is 10.3. The number of allylic oxidation sites excluding steroid dienone is 5. The van der Waals surface area contributed by atoms with Gasteiger partial charge in [-0.1, -0.05) is 326 Å². The van der Waals surface area contributed by atoms with Crippen LogP contribution in [0.2, 0.25) is 0 Å². The molecule has 0 radical (unpaired) electrons. The molecule has 0 bridgehead atoms. The summed E-state index contributed by atoms with van der Waals surface area (Å²) in [5.74, 6) is -0.184. The van der Waals surface area contributed by atoms with Crippen LogP contribution in [0, 0.1) is 0 Å². The molecule has 3 unspecified atom stereocenters. The summed E-state index contributed by atoms with van der Waals surface area (Å²) in [6.45, 7) is 4.84. The first kappa shape index (κ1) is 75.7.